The molecule has 2 rings (SSSR count). The molecule has 0 spiro atoms. The maximum absolute atomic E-state index is 13.0. The number of rotatable bonds is 8. The van der Waals surface area contributed by atoms with Gasteiger partial charge >= 0.3 is 6.18 Å². The van der Waals surface area contributed by atoms with Crippen LogP contribution in [0.1, 0.15) is 39.7 Å². The van der Waals surface area contributed by atoms with Crippen molar-refractivity contribution in [3.05, 3.63) is 23.8 Å². The molecule has 1 N–H and O–H groups in total. The number of amides is 1. The number of fused-ring (bicyclic) bond motifs is 1. The Kier molecular flexibility index (Phi) is 7.14. The molecule has 0 aliphatic heterocycles. The summed E-state index contributed by atoms with van der Waals surface area (Å²) >= 11 is 1.15. The highest BCUT2D eigenvalue weighted by Crippen LogP contribution is 2.33. The molecule has 2 aromatic rings. The second kappa shape index (κ2) is 8.98. The van der Waals surface area contributed by atoms with Crippen molar-refractivity contribution in [2.75, 3.05) is 5.75 Å². The number of aromatic nitrogens is 2. The summed E-state index contributed by atoms with van der Waals surface area (Å²) < 4.78 is 40.8. The molecule has 154 valence electrons. The van der Waals surface area contributed by atoms with E-state index in [1.54, 1.807) is 4.57 Å². The first-order chi connectivity index (χ1) is 13.0. The molecule has 1 unspecified atom stereocenters. The molecule has 1 atom stereocenters. The van der Waals surface area contributed by atoms with Crippen LogP contribution in [0.4, 0.5) is 13.2 Å². The zero-order valence-electron chi connectivity index (χ0n) is 16.3. The molecular formula is C19H24F3N3O2S. The standard InChI is InChI=1S/C19H24F3N3O2S/c1-5-8-25-15-9-13(19(20,21)22)6-7-14(15)23-18(25)28-10-16(27)24-17(11(2)3)12(4)26/h6-7,9,11,17H,5,8,10H2,1-4H3,(H,24,27). The van der Waals surface area contributed by atoms with Crippen molar-refractivity contribution in [1.82, 2.24) is 14.9 Å². The first-order valence-electron chi connectivity index (χ1n) is 9.04. The molecular weight excluding hydrogens is 391 g/mol. The van der Waals surface area contributed by atoms with Crippen LogP contribution >= 0.6 is 11.8 Å². The average Bonchev–Trinajstić information content (AvgIpc) is 2.94. The van der Waals surface area contributed by atoms with E-state index in [0.29, 0.717) is 29.2 Å². The van der Waals surface area contributed by atoms with Gasteiger partial charge in [-0.15, -0.1) is 0 Å². The lowest BCUT2D eigenvalue weighted by atomic mass is 10.0. The smallest absolute Gasteiger partial charge is 0.345 e. The van der Waals surface area contributed by atoms with E-state index in [2.05, 4.69) is 10.3 Å². The van der Waals surface area contributed by atoms with Gasteiger partial charge in [-0.1, -0.05) is 32.5 Å². The van der Waals surface area contributed by atoms with Gasteiger partial charge in [0.2, 0.25) is 5.91 Å². The lowest BCUT2D eigenvalue weighted by Gasteiger charge is -2.19. The Labute approximate surface area is 166 Å². The van der Waals surface area contributed by atoms with Crippen LogP contribution in [0.5, 0.6) is 0 Å². The lowest BCUT2D eigenvalue weighted by Crippen LogP contribution is -2.44. The third-order valence-corrected chi connectivity index (χ3v) is 5.22. The fourth-order valence-corrected chi connectivity index (χ4v) is 3.76. The molecule has 28 heavy (non-hydrogen) atoms. The molecule has 0 aliphatic rings. The number of imidazole rings is 1. The summed E-state index contributed by atoms with van der Waals surface area (Å²) in [6.45, 7) is 7.53. The summed E-state index contributed by atoms with van der Waals surface area (Å²) in [6, 6.07) is 2.88. The molecule has 0 fully saturated rings. The number of hydrogen-bond acceptors (Lipinski definition) is 4. The molecule has 1 heterocycles. The minimum atomic E-state index is -4.43. The second-order valence-electron chi connectivity index (χ2n) is 6.94. The Morgan fingerprint density at radius 3 is 2.50 bits per heavy atom. The van der Waals surface area contributed by atoms with Crippen molar-refractivity contribution >= 4 is 34.5 Å². The number of carbonyl (C=O) groups excluding carboxylic acids is 2. The topological polar surface area (TPSA) is 64.0 Å². The predicted molar refractivity (Wildman–Crippen MR) is 103 cm³/mol. The van der Waals surface area contributed by atoms with Crippen molar-refractivity contribution in [3.63, 3.8) is 0 Å². The maximum atomic E-state index is 13.0. The van der Waals surface area contributed by atoms with E-state index < -0.39 is 17.8 Å². The number of benzene rings is 1. The number of halogens is 3. The second-order valence-corrected chi connectivity index (χ2v) is 7.88. The molecule has 1 aromatic carbocycles. The number of carbonyl (C=O) groups is 2. The molecule has 0 saturated heterocycles. The predicted octanol–water partition coefficient (Wildman–Crippen LogP) is 4.29. The Bertz CT molecular complexity index is 862. The molecule has 0 saturated carbocycles. The van der Waals surface area contributed by atoms with E-state index in [1.807, 2.05) is 20.8 Å². The normalized spacial score (nSPS) is 13.1. The highest BCUT2D eigenvalue weighted by Gasteiger charge is 2.31. The van der Waals surface area contributed by atoms with Crippen molar-refractivity contribution in [2.24, 2.45) is 5.92 Å². The SMILES string of the molecule is CCCn1c(SCC(=O)NC(C(C)=O)C(C)C)nc2ccc(C(F)(F)F)cc21. The Hall–Kier alpha value is -2.03. The van der Waals surface area contributed by atoms with Gasteiger partial charge in [-0.05, 0) is 37.5 Å². The van der Waals surface area contributed by atoms with Gasteiger partial charge in [0.15, 0.2) is 10.9 Å². The zero-order valence-corrected chi connectivity index (χ0v) is 17.1. The van der Waals surface area contributed by atoms with Gasteiger partial charge < -0.3 is 9.88 Å². The first-order valence-corrected chi connectivity index (χ1v) is 10.0. The van der Waals surface area contributed by atoms with E-state index in [0.717, 1.165) is 23.9 Å². The Morgan fingerprint density at radius 1 is 1.29 bits per heavy atom. The van der Waals surface area contributed by atoms with Gasteiger partial charge in [-0.25, -0.2) is 4.98 Å². The van der Waals surface area contributed by atoms with E-state index in [1.165, 1.54) is 13.0 Å². The van der Waals surface area contributed by atoms with Crippen molar-refractivity contribution < 1.29 is 22.8 Å². The van der Waals surface area contributed by atoms with Gasteiger partial charge in [-0.3, -0.25) is 9.59 Å². The van der Waals surface area contributed by atoms with Crippen molar-refractivity contribution in [3.8, 4) is 0 Å². The summed E-state index contributed by atoms with van der Waals surface area (Å²) in [7, 11) is 0. The van der Waals surface area contributed by atoms with Crippen LogP contribution in [0.3, 0.4) is 0 Å². The number of thioether (sulfide) groups is 1. The average molecular weight is 415 g/mol. The summed E-state index contributed by atoms with van der Waals surface area (Å²) in [6.07, 6.45) is -3.72. The number of aryl methyl sites for hydroxylation is 1. The fraction of sp³-hybridized carbons (Fsp3) is 0.526. The Morgan fingerprint density at radius 2 is 1.96 bits per heavy atom. The van der Waals surface area contributed by atoms with Gasteiger partial charge in [0.05, 0.1) is 28.4 Å². The molecule has 1 amide bonds. The van der Waals surface area contributed by atoms with E-state index >= 15 is 0 Å². The number of Topliss-reactive ketones (excluding diaryl/α,β-unsaturated/α-hetero) is 1. The quantitative estimate of drug-likeness (QED) is 0.654. The molecule has 0 radical (unpaired) electrons. The first kappa shape index (κ1) is 22.3. The number of nitrogens with one attached hydrogen (secondary N) is 1. The molecule has 0 bridgehead atoms. The van der Waals surface area contributed by atoms with E-state index in [-0.39, 0.29) is 23.4 Å². The minimum Gasteiger partial charge on any atom is -0.345 e. The molecule has 5 nitrogen and oxygen atoms in total. The largest absolute Gasteiger partial charge is 0.416 e. The molecule has 0 aliphatic carbocycles. The highest BCUT2D eigenvalue weighted by molar-refractivity contribution is 7.99. The van der Waals surface area contributed by atoms with E-state index in [4.69, 9.17) is 0 Å². The molecule has 1 aromatic heterocycles. The maximum Gasteiger partial charge on any atom is 0.416 e. The number of alkyl halides is 3. The van der Waals surface area contributed by atoms with Crippen LogP contribution in [0.15, 0.2) is 23.4 Å². The van der Waals surface area contributed by atoms with Crippen molar-refractivity contribution in [2.45, 2.75) is 58.0 Å². The Balaban J connectivity index is 2.23. The lowest BCUT2D eigenvalue weighted by molar-refractivity contribution is -0.137. The summed E-state index contributed by atoms with van der Waals surface area (Å²) in [5.41, 5.74) is 0.115. The third-order valence-electron chi connectivity index (χ3n) is 4.24. The van der Waals surface area contributed by atoms with Crippen LogP contribution in [-0.2, 0) is 22.3 Å². The van der Waals surface area contributed by atoms with Gasteiger partial charge in [-0.2, -0.15) is 13.2 Å². The van der Waals surface area contributed by atoms with Crippen LogP contribution in [0, 0.1) is 5.92 Å². The minimum absolute atomic E-state index is 0.0235. The summed E-state index contributed by atoms with van der Waals surface area (Å²) in [4.78, 5) is 28.3. The zero-order chi connectivity index (χ0) is 21.1. The number of nitrogens with zero attached hydrogens (tertiary/aromatic N) is 2. The van der Waals surface area contributed by atoms with Gasteiger partial charge in [0.25, 0.3) is 0 Å². The van der Waals surface area contributed by atoms with Crippen LogP contribution in [0.2, 0.25) is 0 Å². The monoisotopic (exact) mass is 415 g/mol. The number of hydrogen-bond donors (Lipinski definition) is 1. The van der Waals surface area contributed by atoms with Gasteiger partial charge in [0, 0.05) is 6.54 Å². The van der Waals surface area contributed by atoms with Crippen LogP contribution in [-0.4, -0.2) is 33.0 Å². The van der Waals surface area contributed by atoms with Crippen LogP contribution < -0.4 is 5.32 Å². The summed E-state index contributed by atoms with van der Waals surface area (Å²) in [5, 5.41) is 3.19. The fourth-order valence-electron chi connectivity index (χ4n) is 2.91. The molecule has 9 heteroatoms. The summed E-state index contributed by atoms with van der Waals surface area (Å²) in [5.74, 6) is -0.441. The van der Waals surface area contributed by atoms with Crippen LogP contribution in [0.25, 0.3) is 11.0 Å². The van der Waals surface area contributed by atoms with Crippen molar-refractivity contribution in [1.29, 1.82) is 0 Å². The van der Waals surface area contributed by atoms with Gasteiger partial charge in [0.1, 0.15) is 0 Å². The third kappa shape index (κ3) is 5.27. The number of ketones is 1. The highest BCUT2D eigenvalue weighted by atomic mass is 32.2. The van der Waals surface area contributed by atoms with E-state index in [9.17, 15) is 22.8 Å².